The first-order valence-corrected chi connectivity index (χ1v) is 4.53. The van der Waals surface area contributed by atoms with Crippen molar-refractivity contribution in [3.8, 4) is 0 Å². The van der Waals surface area contributed by atoms with Gasteiger partial charge in [-0.15, -0.1) is 0 Å². The number of rotatable bonds is 2. The van der Waals surface area contributed by atoms with Gasteiger partial charge in [0.2, 0.25) is 0 Å². The molecular formula is C10H14N2. The molecule has 1 aromatic heterocycles. The standard InChI is InChI=1S/C10H14N2/c1-8-5-10(7-11-6-8)12-9-3-2-4-9/h5-7,9,12H,2-4H2,1H3. The normalized spacial score (nSPS) is 17.1. The number of pyridine rings is 1. The van der Waals surface area contributed by atoms with Crippen molar-refractivity contribution >= 4 is 5.69 Å². The zero-order valence-electron chi connectivity index (χ0n) is 7.38. The molecule has 2 heteroatoms. The summed E-state index contributed by atoms with van der Waals surface area (Å²) in [5, 5.41) is 3.46. The molecule has 2 rings (SSSR count). The second kappa shape index (κ2) is 3.13. The Morgan fingerprint density at radius 1 is 1.42 bits per heavy atom. The van der Waals surface area contributed by atoms with Gasteiger partial charge in [0, 0.05) is 18.4 Å². The topological polar surface area (TPSA) is 24.9 Å². The molecule has 0 atom stereocenters. The molecule has 12 heavy (non-hydrogen) atoms. The van der Waals surface area contributed by atoms with Crippen LogP contribution in [0.5, 0.6) is 0 Å². The minimum Gasteiger partial charge on any atom is -0.381 e. The number of nitrogens with zero attached hydrogens (tertiary/aromatic N) is 1. The van der Waals surface area contributed by atoms with Crippen LogP contribution in [0, 0.1) is 6.92 Å². The minimum atomic E-state index is 0.702. The van der Waals surface area contributed by atoms with Gasteiger partial charge in [-0.1, -0.05) is 0 Å². The van der Waals surface area contributed by atoms with Gasteiger partial charge in [-0.2, -0.15) is 0 Å². The SMILES string of the molecule is Cc1cncc(NC2CCC2)c1. The predicted octanol–water partition coefficient (Wildman–Crippen LogP) is 2.35. The van der Waals surface area contributed by atoms with Crippen molar-refractivity contribution in [1.82, 2.24) is 4.98 Å². The molecular weight excluding hydrogens is 148 g/mol. The zero-order valence-corrected chi connectivity index (χ0v) is 7.38. The van der Waals surface area contributed by atoms with Crippen LogP contribution in [0.1, 0.15) is 24.8 Å². The van der Waals surface area contributed by atoms with E-state index in [1.165, 1.54) is 30.5 Å². The van der Waals surface area contributed by atoms with Gasteiger partial charge >= 0.3 is 0 Å². The lowest BCUT2D eigenvalue weighted by atomic mass is 9.93. The molecule has 0 amide bonds. The molecule has 2 nitrogen and oxygen atoms in total. The first-order chi connectivity index (χ1) is 5.84. The second-order valence-electron chi connectivity index (χ2n) is 3.52. The smallest absolute Gasteiger partial charge is 0.0531 e. The van der Waals surface area contributed by atoms with Crippen LogP contribution in [-0.2, 0) is 0 Å². The van der Waals surface area contributed by atoms with Crippen molar-refractivity contribution in [1.29, 1.82) is 0 Å². The molecule has 1 heterocycles. The summed E-state index contributed by atoms with van der Waals surface area (Å²) in [4.78, 5) is 4.13. The molecule has 0 spiro atoms. The van der Waals surface area contributed by atoms with Crippen molar-refractivity contribution in [3.05, 3.63) is 24.0 Å². The minimum absolute atomic E-state index is 0.702. The van der Waals surface area contributed by atoms with E-state index in [4.69, 9.17) is 0 Å². The number of aromatic nitrogens is 1. The highest BCUT2D eigenvalue weighted by Gasteiger charge is 2.16. The van der Waals surface area contributed by atoms with E-state index in [9.17, 15) is 0 Å². The summed E-state index contributed by atoms with van der Waals surface area (Å²) in [6, 6.07) is 2.85. The molecule has 1 aliphatic carbocycles. The fourth-order valence-corrected chi connectivity index (χ4v) is 1.42. The number of hydrogen-bond donors (Lipinski definition) is 1. The Labute approximate surface area is 73.0 Å². The third kappa shape index (κ3) is 1.58. The van der Waals surface area contributed by atoms with Gasteiger partial charge < -0.3 is 5.32 Å². The Hall–Kier alpha value is -1.05. The number of aryl methyl sites for hydroxylation is 1. The van der Waals surface area contributed by atoms with E-state index in [0.29, 0.717) is 6.04 Å². The summed E-state index contributed by atoms with van der Waals surface area (Å²) in [5.74, 6) is 0. The summed E-state index contributed by atoms with van der Waals surface area (Å²) in [6.07, 6.45) is 7.77. The van der Waals surface area contributed by atoms with Gasteiger partial charge in [0.05, 0.1) is 5.69 Å². The third-order valence-corrected chi connectivity index (χ3v) is 2.35. The van der Waals surface area contributed by atoms with Crippen LogP contribution in [0.25, 0.3) is 0 Å². The summed E-state index contributed by atoms with van der Waals surface area (Å²) in [6.45, 7) is 2.07. The first kappa shape index (κ1) is 7.59. The van der Waals surface area contributed by atoms with Crippen LogP contribution in [0.15, 0.2) is 18.5 Å². The Morgan fingerprint density at radius 2 is 2.25 bits per heavy atom. The number of anilines is 1. The highest BCUT2D eigenvalue weighted by atomic mass is 14.9. The largest absolute Gasteiger partial charge is 0.381 e. The molecule has 0 unspecified atom stereocenters. The quantitative estimate of drug-likeness (QED) is 0.722. The van der Waals surface area contributed by atoms with E-state index < -0.39 is 0 Å². The molecule has 0 bridgehead atoms. The fourth-order valence-electron chi connectivity index (χ4n) is 1.42. The van der Waals surface area contributed by atoms with Gasteiger partial charge in [-0.05, 0) is 37.8 Å². The Bertz CT molecular complexity index is 266. The lowest BCUT2D eigenvalue weighted by molar-refractivity contribution is 0.445. The lowest BCUT2D eigenvalue weighted by Gasteiger charge is -2.27. The van der Waals surface area contributed by atoms with E-state index in [0.717, 1.165) is 0 Å². The average molecular weight is 162 g/mol. The molecule has 1 aromatic rings. The van der Waals surface area contributed by atoms with Crippen LogP contribution in [0.4, 0.5) is 5.69 Å². The molecule has 0 saturated heterocycles. The molecule has 0 radical (unpaired) electrons. The summed E-state index contributed by atoms with van der Waals surface area (Å²) in [5.41, 5.74) is 2.39. The number of nitrogens with one attached hydrogen (secondary N) is 1. The first-order valence-electron chi connectivity index (χ1n) is 4.53. The van der Waals surface area contributed by atoms with Gasteiger partial charge in [-0.3, -0.25) is 4.98 Å². The summed E-state index contributed by atoms with van der Waals surface area (Å²) >= 11 is 0. The Morgan fingerprint density at radius 3 is 2.83 bits per heavy atom. The Balaban J connectivity index is 2.02. The van der Waals surface area contributed by atoms with E-state index in [1.807, 2.05) is 12.4 Å². The van der Waals surface area contributed by atoms with Crippen molar-refractivity contribution < 1.29 is 0 Å². The number of hydrogen-bond acceptors (Lipinski definition) is 2. The van der Waals surface area contributed by atoms with Crippen molar-refractivity contribution in [2.75, 3.05) is 5.32 Å². The van der Waals surface area contributed by atoms with Crippen molar-refractivity contribution in [2.24, 2.45) is 0 Å². The second-order valence-corrected chi connectivity index (χ2v) is 3.52. The van der Waals surface area contributed by atoms with Crippen molar-refractivity contribution in [3.63, 3.8) is 0 Å². The molecule has 1 N–H and O–H groups in total. The van der Waals surface area contributed by atoms with Crippen LogP contribution in [0.2, 0.25) is 0 Å². The molecule has 64 valence electrons. The fraction of sp³-hybridized carbons (Fsp3) is 0.500. The maximum Gasteiger partial charge on any atom is 0.0531 e. The summed E-state index contributed by atoms with van der Waals surface area (Å²) < 4.78 is 0. The van der Waals surface area contributed by atoms with Crippen molar-refractivity contribution in [2.45, 2.75) is 32.2 Å². The monoisotopic (exact) mass is 162 g/mol. The van der Waals surface area contributed by atoms with Gasteiger partial charge in [-0.25, -0.2) is 0 Å². The molecule has 1 saturated carbocycles. The van der Waals surface area contributed by atoms with Crippen LogP contribution >= 0.6 is 0 Å². The van der Waals surface area contributed by atoms with Crippen LogP contribution < -0.4 is 5.32 Å². The molecule has 1 aliphatic rings. The van der Waals surface area contributed by atoms with Crippen LogP contribution in [0.3, 0.4) is 0 Å². The maximum absolute atomic E-state index is 4.13. The molecule has 1 fully saturated rings. The van der Waals surface area contributed by atoms with Gasteiger partial charge in [0.1, 0.15) is 0 Å². The molecule has 0 aromatic carbocycles. The van der Waals surface area contributed by atoms with Gasteiger partial charge in [0.15, 0.2) is 0 Å². The highest BCUT2D eigenvalue weighted by Crippen LogP contribution is 2.22. The van der Waals surface area contributed by atoms with E-state index in [1.54, 1.807) is 0 Å². The molecule has 0 aliphatic heterocycles. The highest BCUT2D eigenvalue weighted by molar-refractivity contribution is 5.43. The van der Waals surface area contributed by atoms with E-state index in [-0.39, 0.29) is 0 Å². The third-order valence-electron chi connectivity index (χ3n) is 2.35. The van der Waals surface area contributed by atoms with E-state index >= 15 is 0 Å². The predicted molar refractivity (Wildman–Crippen MR) is 50.2 cm³/mol. The lowest BCUT2D eigenvalue weighted by Crippen LogP contribution is -2.26. The van der Waals surface area contributed by atoms with E-state index in [2.05, 4.69) is 23.3 Å². The Kier molecular flexibility index (Phi) is 1.98. The average Bonchev–Trinajstić information content (AvgIpc) is 1.97. The maximum atomic E-state index is 4.13. The van der Waals surface area contributed by atoms with Crippen LogP contribution in [-0.4, -0.2) is 11.0 Å². The van der Waals surface area contributed by atoms with Gasteiger partial charge in [0.25, 0.3) is 0 Å². The zero-order chi connectivity index (χ0) is 8.39. The summed E-state index contributed by atoms with van der Waals surface area (Å²) in [7, 11) is 0.